The van der Waals surface area contributed by atoms with E-state index in [-0.39, 0.29) is 24.3 Å². The first-order valence-corrected chi connectivity index (χ1v) is 6.41. The molecule has 112 valence electrons. The van der Waals surface area contributed by atoms with Crippen LogP contribution in [0.15, 0.2) is 28.8 Å². The number of nitrogens with zero attached hydrogens (tertiary/aromatic N) is 3. The van der Waals surface area contributed by atoms with Crippen molar-refractivity contribution in [3.63, 3.8) is 0 Å². The third-order valence-electron chi connectivity index (χ3n) is 2.65. The Morgan fingerprint density at radius 2 is 2.29 bits per heavy atom. The van der Waals surface area contributed by atoms with Crippen molar-refractivity contribution < 1.29 is 18.9 Å². The van der Waals surface area contributed by atoms with Gasteiger partial charge in [0.25, 0.3) is 11.6 Å². The predicted octanol–water partition coefficient (Wildman–Crippen LogP) is 2.65. The van der Waals surface area contributed by atoms with Gasteiger partial charge in [0.15, 0.2) is 12.4 Å². The van der Waals surface area contributed by atoms with E-state index in [4.69, 9.17) is 14.0 Å². The lowest BCUT2D eigenvalue weighted by molar-refractivity contribution is -0.384. The molecular formula is C13H15N3O5. The summed E-state index contributed by atoms with van der Waals surface area (Å²) in [5.41, 5.74) is -0.0383. The summed E-state index contributed by atoms with van der Waals surface area (Å²) in [6.07, 6.45) is -0.259. The van der Waals surface area contributed by atoms with Gasteiger partial charge >= 0.3 is 0 Å². The molecule has 1 aromatic carbocycles. The highest BCUT2D eigenvalue weighted by atomic mass is 16.6. The zero-order chi connectivity index (χ0) is 15.2. The first-order chi connectivity index (χ1) is 10.1. The van der Waals surface area contributed by atoms with E-state index in [0.717, 1.165) is 0 Å². The van der Waals surface area contributed by atoms with Crippen LogP contribution in [0.5, 0.6) is 5.75 Å². The summed E-state index contributed by atoms with van der Waals surface area (Å²) in [5, 5.41) is 14.5. The molecule has 0 radical (unpaired) electrons. The molecule has 21 heavy (non-hydrogen) atoms. The maximum atomic E-state index is 10.7. The van der Waals surface area contributed by atoms with Crippen LogP contribution in [0.4, 0.5) is 5.69 Å². The highest BCUT2D eigenvalue weighted by Gasteiger charge is 2.14. The number of non-ortho nitro benzene ring substituents is 1. The van der Waals surface area contributed by atoms with E-state index in [2.05, 4.69) is 10.1 Å². The number of rotatable bonds is 7. The molecule has 0 aliphatic heterocycles. The summed E-state index contributed by atoms with van der Waals surface area (Å²) >= 11 is 0. The van der Waals surface area contributed by atoms with E-state index in [1.807, 2.05) is 13.8 Å². The largest absolute Gasteiger partial charge is 0.484 e. The van der Waals surface area contributed by atoms with E-state index >= 15 is 0 Å². The Morgan fingerprint density at radius 1 is 1.48 bits per heavy atom. The topological polar surface area (TPSA) is 101 Å². The Kier molecular flexibility index (Phi) is 4.83. The minimum atomic E-state index is -0.485. The molecule has 0 aliphatic carbocycles. The number of benzene rings is 1. The normalized spacial score (nSPS) is 12.1. The molecule has 2 rings (SSSR count). The molecule has 1 heterocycles. The van der Waals surface area contributed by atoms with Gasteiger partial charge in [-0.1, -0.05) is 11.2 Å². The highest BCUT2D eigenvalue weighted by molar-refractivity contribution is 5.37. The second-order valence-corrected chi connectivity index (χ2v) is 4.19. The molecule has 0 saturated carbocycles. The van der Waals surface area contributed by atoms with Gasteiger partial charge in [-0.3, -0.25) is 10.1 Å². The second-order valence-electron chi connectivity index (χ2n) is 4.19. The maximum absolute atomic E-state index is 10.7. The standard InChI is InChI=1S/C13H15N3O5/c1-3-19-9(2)13-14-12(21-15-13)8-20-11-6-4-5-10(7-11)16(17)18/h4-7,9H,3,8H2,1-2H3. The number of nitro benzene ring substituents is 1. The number of nitro groups is 1. The van der Waals surface area contributed by atoms with E-state index in [0.29, 0.717) is 18.2 Å². The fourth-order valence-corrected chi connectivity index (χ4v) is 1.65. The van der Waals surface area contributed by atoms with Crippen LogP contribution in [0.2, 0.25) is 0 Å². The van der Waals surface area contributed by atoms with Gasteiger partial charge in [-0.05, 0) is 19.9 Å². The van der Waals surface area contributed by atoms with E-state index in [1.165, 1.54) is 12.1 Å². The number of ether oxygens (including phenoxy) is 2. The van der Waals surface area contributed by atoms with Crippen molar-refractivity contribution >= 4 is 5.69 Å². The molecule has 1 unspecified atom stereocenters. The smallest absolute Gasteiger partial charge is 0.273 e. The fourth-order valence-electron chi connectivity index (χ4n) is 1.65. The van der Waals surface area contributed by atoms with Crippen molar-refractivity contribution in [1.29, 1.82) is 0 Å². The van der Waals surface area contributed by atoms with Crippen molar-refractivity contribution in [3.05, 3.63) is 46.1 Å². The van der Waals surface area contributed by atoms with Crippen LogP contribution in [0.3, 0.4) is 0 Å². The summed E-state index contributed by atoms with van der Waals surface area (Å²) in [7, 11) is 0. The molecule has 2 aromatic rings. The lowest BCUT2D eigenvalue weighted by Crippen LogP contribution is -2.02. The first kappa shape index (κ1) is 14.9. The molecule has 8 heteroatoms. The lowest BCUT2D eigenvalue weighted by atomic mass is 10.3. The molecule has 0 aliphatic rings. The summed E-state index contributed by atoms with van der Waals surface area (Å²) < 4.78 is 15.8. The molecule has 1 aromatic heterocycles. The van der Waals surface area contributed by atoms with Gasteiger partial charge in [-0.25, -0.2) is 0 Å². The van der Waals surface area contributed by atoms with Crippen molar-refractivity contribution in [1.82, 2.24) is 10.1 Å². The number of aromatic nitrogens is 2. The summed E-state index contributed by atoms with van der Waals surface area (Å²) in [6.45, 7) is 4.28. The minimum Gasteiger partial charge on any atom is -0.484 e. The third kappa shape index (κ3) is 3.99. The van der Waals surface area contributed by atoms with Gasteiger partial charge in [0.05, 0.1) is 11.0 Å². The zero-order valence-electron chi connectivity index (χ0n) is 11.7. The lowest BCUT2D eigenvalue weighted by Gasteiger charge is -2.05. The SMILES string of the molecule is CCOC(C)c1noc(COc2cccc([N+](=O)[O-])c2)n1. The van der Waals surface area contributed by atoms with E-state index < -0.39 is 4.92 Å². The van der Waals surface area contributed by atoms with Crippen LogP contribution >= 0.6 is 0 Å². The average Bonchev–Trinajstić information content (AvgIpc) is 2.95. The second kappa shape index (κ2) is 6.80. The summed E-state index contributed by atoms with van der Waals surface area (Å²) in [6, 6.07) is 5.89. The van der Waals surface area contributed by atoms with Crippen LogP contribution in [0, 0.1) is 10.1 Å². The van der Waals surface area contributed by atoms with E-state index in [1.54, 1.807) is 12.1 Å². The van der Waals surface area contributed by atoms with Crippen LogP contribution < -0.4 is 4.74 Å². The Bertz CT molecular complexity index is 613. The summed E-state index contributed by atoms with van der Waals surface area (Å²) in [4.78, 5) is 14.3. The minimum absolute atomic E-state index is 0.0347. The van der Waals surface area contributed by atoms with Gasteiger partial charge < -0.3 is 14.0 Å². The number of hydrogen-bond acceptors (Lipinski definition) is 7. The Balaban J connectivity index is 1.97. The maximum Gasteiger partial charge on any atom is 0.273 e. The first-order valence-electron chi connectivity index (χ1n) is 6.41. The van der Waals surface area contributed by atoms with Crippen molar-refractivity contribution in [2.24, 2.45) is 0 Å². The highest BCUT2D eigenvalue weighted by Crippen LogP contribution is 2.20. The molecule has 0 saturated heterocycles. The van der Waals surface area contributed by atoms with Crippen molar-refractivity contribution in [3.8, 4) is 5.75 Å². The molecule has 0 spiro atoms. The van der Waals surface area contributed by atoms with Crippen LogP contribution in [-0.2, 0) is 11.3 Å². The van der Waals surface area contributed by atoms with Crippen molar-refractivity contribution in [2.45, 2.75) is 26.6 Å². The third-order valence-corrected chi connectivity index (χ3v) is 2.65. The van der Waals surface area contributed by atoms with Gasteiger partial charge in [-0.15, -0.1) is 0 Å². The fraction of sp³-hybridized carbons (Fsp3) is 0.385. The quantitative estimate of drug-likeness (QED) is 0.571. The van der Waals surface area contributed by atoms with Gasteiger partial charge in [0.1, 0.15) is 11.9 Å². The molecule has 0 amide bonds. The van der Waals surface area contributed by atoms with Crippen LogP contribution in [-0.4, -0.2) is 21.7 Å². The van der Waals surface area contributed by atoms with Gasteiger partial charge in [-0.2, -0.15) is 4.98 Å². The van der Waals surface area contributed by atoms with Crippen LogP contribution in [0.25, 0.3) is 0 Å². The average molecular weight is 293 g/mol. The van der Waals surface area contributed by atoms with Gasteiger partial charge in [0.2, 0.25) is 0 Å². The number of hydrogen-bond donors (Lipinski definition) is 0. The molecular weight excluding hydrogens is 278 g/mol. The molecule has 0 N–H and O–H groups in total. The van der Waals surface area contributed by atoms with Crippen molar-refractivity contribution in [2.75, 3.05) is 6.61 Å². The molecule has 8 nitrogen and oxygen atoms in total. The molecule has 0 fully saturated rings. The molecule has 1 atom stereocenters. The Morgan fingerprint density at radius 3 is 3.00 bits per heavy atom. The Labute approximate surface area is 120 Å². The zero-order valence-corrected chi connectivity index (χ0v) is 11.7. The summed E-state index contributed by atoms with van der Waals surface area (Å²) in [5.74, 6) is 1.08. The predicted molar refractivity (Wildman–Crippen MR) is 71.8 cm³/mol. The van der Waals surface area contributed by atoms with Crippen LogP contribution in [0.1, 0.15) is 31.7 Å². The monoisotopic (exact) mass is 293 g/mol. The van der Waals surface area contributed by atoms with Gasteiger partial charge in [0, 0.05) is 12.7 Å². The Hall–Kier alpha value is -2.48. The molecule has 0 bridgehead atoms. The van der Waals surface area contributed by atoms with E-state index in [9.17, 15) is 10.1 Å².